The fourth-order valence-corrected chi connectivity index (χ4v) is 4.32. The monoisotopic (exact) mass is 412 g/mol. The summed E-state index contributed by atoms with van der Waals surface area (Å²) in [5.41, 5.74) is 2.20. The van der Waals surface area contributed by atoms with Crippen molar-refractivity contribution in [1.82, 2.24) is 4.90 Å². The molecule has 0 saturated carbocycles. The number of hydrogen-bond donors (Lipinski definition) is 1. The van der Waals surface area contributed by atoms with E-state index in [1.165, 1.54) is 0 Å². The minimum absolute atomic E-state index is 0.0796. The van der Waals surface area contributed by atoms with Crippen molar-refractivity contribution in [1.29, 1.82) is 0 Å². The molecule has 0 spiro atoms. The summed E-state index contributed by atoms with van der Waals surface area (Å²) in [4.78, 5) is 26.5. The Morgan fingerprint density at radius 1 is 1.14 bits per heavy atom. The Hall–Kier alpha value is -2.70. The summed E-state index contributed by atoms with van der Waals surface area (Å²) in [6.07, 6.45) is 1.60. The van der Waals surface area contributed by atoms with Crippen molar-refractivity contribution in [3.8, 4) is 0 Å². The zero-order valence-corrected chi connectivity index (χ0v) is 16.4. The Labute approximate surface area is 171 Å². The number of carbonyl (C=O) groups is 2. The Morgan fingerprint density at radius 2 is 1.89 bits per heavy atom. The van der Waals surface area contributed by atoms with Crippen LogP contribution in [0.5, 0.6) is 0 Å². The van der Waals surface area contributed by atoms with E-state index >= 15 is 0 Å². The summed E-state index contributed by atoms with van der Waals surface area (Å²) >= 11 is 7.44. The van der Waals surface area contributed by atoms with Crippen LogP contribution in [0.25, 0.3) is 0 Å². The lowest BCUT2D eigenvalue weighted by Crippen LogP contribution is -2.27. The van der Waals surface area contributed by atoms with Crippen molar-refractivity contribution >= 4 is 40.9 Å². The molecule has 7 heteroatoms. The molecule has 5 nitrogen and oxygen atoms in total. The molecule has 2 aromatic carbocycles. The molecular formula is C21H17ClN2O3S. The summed E-state index contributed by atoms with van der Waals surface area (Å²) < 4.78 is 5.38. The average Bonchev–Trinajstić information content (AvgIpc) is 3.35. The van der Waals surface area contributed by atoms with Crippen LogP contribution in [0.15, 0.2) is 71.3 Å². The van der Waals surface area contributed by atoms with Crippen LogP contribution in [0.1, 0.15) is 27.1 Å². The predicted molar refractivity (Wildman–Crippen MR) is 110 cm³/mol. The van der Waals surface area contributed by atoms with Crippen LogP contribution < -0.4 is 5.32 Å². The fraction of sp³-hybridized carbons (Fsp3) is 0.143. The SMILES string of the molecule is O=C(Nc1ccc(Cl)cc1)c1ccc(C2SCC(=O)N2Cc2ccco2)cc1. The Bertz CT molecular complexity index is 972. The van der Waals surface area contributed by atoms with Crippen molar-refractivity contribution in [3.05, 3.63) is 88.8 Å². The van der Waals surface area contributed by atoms with Crippen LogP contribution >= 0.6 is 23.4 Å². The van der Waals surface area contributed by atoms with Gasteiger partial charge in [-0.05, 0) is 54.1 Å². The minimum atomic E-state index is -0.198. The zero-order valence-electron chi connectivity index (χ0n) is 14.8. The molecule has 1 N–H and O–H groups in total. The molecule has 28 heavy (non-hydrogen) atoms. The van der Waals surface area contributed by atoms with Gasteiger partial charge in [-0.15, -0.1) is 11.8 Å². The van der Waals surface area contributed by atoms with Crippen LogP contribution in [-0.4, -0.2) is 22.5 Å². The molecule has 2 amide bonds. The van der Waals surface area contributed by atoms with E-state index in [-0.39, 0.29) is 17.2 Å². The molecule has 0 bridgehead atoms. The number of amides is 2. The van der Waals surface area contributed by atoms with Crippen LogP contribution in [-0.2, 0) is 11.3 Å². The molecule has 0 aliphatic carbocycles. The van der Waals surface area contributed by atoms with Gasteiger partial charge in [0.15, 0.2) is 0 Å². The number of anilines is 1. The fourth-order valence-electron chi connectivity index (χ4n) is 3.01. The quantitative estimate of drug-likeness (QED) is 0.643. The van der Waals surface area contributed by atoms with Crippen molar-refractivity contribution in [3.63, 3.8) is 0 Å². The number of furan rings is 1. The van der Waals surface area contributed by atoms with E-state index in [9.17, 15) is 9.59 Å². The Kier molecular flexibility index (Phi) is 5.41. The van der Waals surface area contributed by atoms with Crippen LogP contribution in [0.4, 0.5) is 5.69 Å². The first-order chi connectivity index (χ1) is 13.6. The standard InChI is InChI=1S/C21H17ClN2O3S/c22-16-7-9-17(10-8-16)23-20(26)14-3-5-15(6-4-14)21-24(19(25)13-28-21)12-18-2-1-11-27-18/h1-11,21H,12-13H2,(H,23,26). The summed E-state index contributed by atoms with van der Waals surface area (Å²) in [5.74, 6) is 1.07. The van der Waals surface area contributed by atoms with E-state index < -0.39 is 0 Å². The highest BCUT2D eigenvalue weighted by molar-refractivity contribution is 8.00. The molecular weight excluding hydrogens is 396 g/mol. The van der Waals surface area contributed by atoms with Crippen LogP contribution in [0, 0.1) is 0 Å². The first-order valence-electron chi connectivity index (χ1n) is 8.70. The highest BCUT2D eigenvalue weighted by Crippen LogP contribution is 2.39. The molecule has 1 aliphatic rings. The molecule has 1 aliphatic heterocycles. The molecule has 2 heterocycles. The van der Waals surface area contributed by atoms with Gasteiger partial charge in [-0.2, -0.15) is 0 Å². The third kappa shape index (κ3) is 4.08. The summed E-state index contributed by atoms with van der Waals surface area (Å²) in [6.45, 7) is 0.433. The van der Waals surface area contributed by atoms with Gasteiger partial charge in [0.05, 0.1) is 18.6 Å². The average molecular weight is 413 g/mol. The van der Waals surface area contributed by atoms with Gasteiger partial charge in [-0.1, -0.05) is 23.7 Å². The zero-order chi connectivity index (χ0) is 19.5. The van der Waals surface area contributed by atoms with Crippen molar-refractivity contribution in [2.24, 2.45) is 0 Å². The molecule has 1 unspecified atom stereocenters. The van der Waals surface area contributed by atoms with E-state index in [0.29, 0.717) is 28.6 Å². The number of thioether (sulfide) groups is 1. The molecule has 1 fully saturated rings. The Balaban J connectivity index is 1.46. The second-order valence-corrected chi connectivity index (χ2v) is 7.85. The highest BCUT2D eigenvalue weighted by atomic mass is 35.5. The molecule has 142 valence electrons. The lowest BCUT2D eigenvalue weighted by atomic mass is 10.1. The van der Waals surface area contributed by atoms with Gasteiger partial charge in [-0.3, -0.25) is 9.59 Å². The first-order valence-corrected chi connectivity index (χ1v) is 10.1. The van der Waals surface area contributed by atoms with Crippen LogP contribution in [0.2, 0.25) is 5.02 Å². The molecule has 4 rings (SSSR count). The minimum Gasteiger partial charge on any atom is -0.467 e. The van der Waals surface area contributed by atoms with E-state index in [4.69, 9.17) is 16.0 Å². The maximum atomic E-state index is 12.4. The summed E-state index contributed by atoms with van der Waals surface area (Å²) in [5, 5.41) is 3.36. The largest absolute Gasteiger partial charge is 0.467 e. The number of rotatable bonds is 5. The molecule has 1 atom stereocenters. The van der Waals surface area contributed by atoms with Gasteiger partial charge in [0.25, 0.3) is 5.91 Å². The maximum absolute atomic E-state index is 12.4. The molecule has 1 aromatic heterocycles. The number of nitrogens with one attached hydrogen (secondary N) is 1. The van der Waals surface area contributed by atoms with Crippen molar-refractivity contribution < 1.29 is 14.0 Å². The first kappa shape index (κ1) is 18.7. The van der Waals surface area contributed by atoms with Gasteiger partial charge >= 0.3 is 0 Å². The van der Waals surface area contributed by atoms with Gasteiger partial charge in [0.2, 0.25) is 5.91 Å². The highest BCUT2D eigenvalue weighted by Gasteiger charge is 2.33. The summed E-state index contributed by atoms with van der Waals surface area (Å²) in [6, 6.07) is 18.0. The second kappa shape index (κ2) is 8.12. The number of benzene rings is 2. The topological polar surface area (TPSA) is 62.6 Å². The van der Waals surface area contributed by atoms with Gasteiger partial charge in [0, 0.05) is 16.3 Å². The van der Waals surface area contributed by atoms with Crippen LogP contribution in [0.3, 0.4) is 0 Å². The molecule has 0 radical (unpaired) electrons. The third-order valence-electron chi connectivity index (χ3n) is 4.43. The van der Waals surface area contributed by atoms with E-state index in [0.717, 1.165) is 11.3 Å². The predicted octanol–water partition coefficient (Wildman–Crippen LogP) is 4.96. The lowest BCUT2D eigenvalue weighted by molar-refractivity contribution is -0.128. The summed E-state index contributed by atoms with van der Waals surface area (Å²) in [7, 11) is 0. The lowest BCUT2D eigenvalue weighted by Gasteiger charge is -2.23. The van der Waals surface area contributed by atoms with Gasteiger partial charge in [0.1, 0.15) is 11.1 Å². The second-order valence-electron chi connectivity index (χ2n) is 6.35. The third-order valence-corrected chi connectivity index (χ3v) is 5.94. The number of halogens is 1. The van der Waals surface area contributed by atoms with E-state index in [1.807, 2.05) is 24.3 Å². The number of nitrogens with zero attached hydrogens (tertiary/aromatic N) is 1. The smallest absolute Gasteiger partial charge is 0.255 e. The van der Waals surface area contributed by atoms with E-state index in [1.54, 1.807) is 59.3 Å². The Morgan fingerprint density at radius 3 is 2.57 bits per heavy atom. The van der Waals surface area contributed by atoms with Gasteiger partial charge < -0.3 is 14.6 Å². The maximum Gasteiger partial charge on any atom is 0.255 e. The van der Waals surface area contributed by atoms with E-state index in [2.05, 4.69) is 5.32 Å². The van der Waals surface area contributed by atoms with Gasteiger partial charge in [-0.25, -0.2) is 0 Å². The number of hydrogen-bond acceptors (Lipinski definition) is 4. The normalized spacial score (nSPS) is 16.4. The van der Waals surface area contributed by atoms with Crippen molar-refractivity contribution in [2.45, 2.75) is 11.9 Å². The molecule has 1 saturated heterocycles. The molecule has 3 aromatic rings. The number of carbonyl (C=O) groups excluding carboxylic acids is 2. The van der Waals surface area contributed by atoms with Crippen molar-refractivity contribution in [2.75, 3.05) is 11.1 Å².